The molecular formula is C19H22ClN3O4. The lowest BCUT2D eigenvalue weighted by atomic mass is 9.97. The van der Waals surface area contributed by atoms with Crippen molar-refractivity contribution >= 4 is 23.4 Å². The van der Waals surface area contributed by atoms with E-state index in [1.807, 2.05) is 0 Å². The molecule has 2 amide bonds. The van der Waals surface area contributed by atoms with Crippen molar-refractivity contribution < 1.29 is 19.2 Å². The first-order valence-electron chi connectivity index (χ1n) is 8.89. The number of amides is 2. The molecule has 0 unspecified atom stereocenters. The van der Waals surface area contributed by atoms with Crippen LogP contribution in [0.4, 0.5) is 0 Å². The van der Waals surface area contributed by atoms with Crippen LogP contribution >= 0.6 is 11.6 Å². The van der Waals surface area contributed by atoms with Gasteiger partial charge in [-0.05, 0) is 37.8 Å². The lowest BCUT2D eigenvalue weighted by molar-refractivity contribution is 0.0658. The summed E-state index contributed by atoms with van der Waals surface area (Å²) in [6, 6.07) is 6.89. The van der Waals surface area contributed by atoms with Gasteiger partial charge in [0, 0.05) is 19.6 Å². The van der Waals surface area contributed by atoms with E-state index in [1.54, 1.807) is 36.1 Å². The molecule has 1 saturated heterocycles. The zero-order valence-corrected chi connectivity index (χ0v) is 15.8. The van der Waals surface area contributed by atoms with E-state index in [4.69, 9.17) is 16.1 Å². The average Bonchev–Trinajstić information content (AvgIpc) is 3.06. The molecule has 0 radical (unpaired) electrons. The van der Waals surface area contributed by atoms with Crippen LogP contribution in [-0.4, -0.2) is 46.6 Å². The van der Waals surface area contributed by atoms with Gasteiger partial charge < -0.3 is 19.8 Å². The molecule has 2 heterocycles. The molecule has 7 nitrogen and oxygen atoms in total. The predicted octanol–water partition coefficient (Wildman–Crippen LogP) is 2.41. The zero-order valence-electron chi connectivity index (χ0n) is 15.1. The molecule has 1 aliphatic rings. The Labute approximate surface area is 162 Å². The average molecular weight is 392 g/mol. The maximum Gasteiger partial charge on any atom is 0.276 e. The zero-order chi connectivity index (χ0) is 19.4. The van der Waals surface area contributed by atoms with Crippen molar-refractivity contribution in [2.75, 3.05) is 19.6 Å². The molecule has 144 valence electrons. The Kier molecular flexibility index (Phi) is 6.13. The second-order valence-corrected chi connectivity index (χ2v) is 7.08. The lowest BCUT2D eigenvalue weighted by Gasteiger charge is -2.32. The van der Waals surface area contributed by atoms with Crippen LogP contribution in [0.3, 0.4) is 0 Å². The second kappa shape index (κ2) is 8.54. The second-order valence-electron chi connectivity index (χ2n) is 6.67. The predicted molar refractivity (Wildman–Crippen MR) is 99.6 cm³/mol. The molecule has 1 aliphatic heterocycles. The highest BCUT2D eigenvalue weighted by Crippen LogP contribution is 2.21. The van der Waals surface area contributed by atoms with Gasteiger partial charge in [-0.25, -0.2) is 0 Å². The number of benzene rings is 1. The molecule has 1 aromatic heterocycles. The van der Waals surface area contributed by atoms with E-state index in [-0.39, 0.29) is 30.0 Å². The molecule has 2 N–H and O–H groups in total. The fourth-order valence-corrected chi connectivity index (χ4v) is 3.51. The third-order valence-electron chi connectivity index (χ3n) is 4.82. The summed E-state index contributed by atoms with van der Waals surface area (Å²) in [6.45, 7) is 2.96. The van der Waals surface area contributed by atoms with Crippen molar-refractivity contribution in [3.63, 3.8) is 0 Å². The fraction of sp³-hybridized carbons (Fsp3) is 0.421. The number of piperidine rings is 1. The van der Waals surface area contributed by atoms with Gasteiger partial charge in [0.1, 0.15) is 5.76 Å². The highest BCUT2D eigenvalue weighted by Gasteiger charge is 2.29. The van der Waals surface area contributed by atoms with Crippen molar-refractivity contribution in [2.45, 2.75) is 26.4 Å². The number of rotatable bonds is 5. The first-order valence-corrected chi connectivity index (χ1v) is 9.27. The minimum atomic E-state index is -0.290. The number of aliphatic hydroxyl groups excluding tert-OH is 1. The number of likely N-dealkylation sites (tertiary alicyclic amines) is 1. The summed E-state index contributed by atoms with van der Waals surface area (Å²) < 4.78 is 5.04. The van der Waals surface area contributed by atoms with Crippen LogP contribution in [0.15, 0.2) is 28.8 Å². The van der Waals surface area contributed by atoms with Crippen LogP contribution in [0.25, 0.3) is 0 Å². The van der Waals surface area contributed by atoms with Gasteiger partial charge in [0.05, 0.1) is 22.8 Å². The molecule has 0 bridgehead atoms. The Morgan fingerprint density at radius 2 is 2.19 bits per heavy atom. The molecule has 8 heteroatoms. The lowest BCUT2D eigenvalue weighted by Crippen LogP contribution is -2.44. The highest BCUT2D eigenvalue weighted by atomic mass is 35.5. The van der Waals surface area contributed by atoms with E-state index >= 15 is 0 Å². The number of aliphatic hydroxyl groups is 1. The number of nitrogens with zero attached hydrogens (tertiary/aromatic N) is 2. The minimum absolute atomic E-state index is 0.139. The molecular weight excluding hydrogens is 370 g/mol. The van der Waals surface area contributed by atoms with Crippen molar-refractivity contribution in [2.24, 2.45) is 5.92 Å². The number of nitrogens with one attached hydrogen (secondary N) is 1. The van der Waals surface area contributed by atoms with Crippen LogP contribution in [0.5, 0.6) is 0 Å². The van der Waals surface area contributed by atoms with Crippen molar-refractivity contribution in [1.82, 2.24) is 15.4 Å². The van der Waals surface area contributed by atoms with Gasteiger partial charge in [0.25, 0.3) is 11.8 Å². The van der Waals surface area contributed by atoms with Crippen molar-refractivity contribution in [3.05, 3.63) is 51.9 Å². The maximum atomic E-state index is 12.7. The van der Waals surface area contributed by atoms with Crippen LogP contribution in [0, 0.1) is 12.8 Å². The van der Waals surface area contributed by atoms with Gasteiger partial charge in [-0.2, -0.15) is 0 Å². The smallest absolute Gasteiger partial charge is 0.276 e. The SMILES string of the molecule is Cc1onc(C(=O)N2CCC[C@H](CNC(=O)c3ccccc3Cl)C2)c1CO. The summed E-state index contributed by atoms with van der Waals surface area (Å²) in [7, 11) is 0. The van der Waals surface area contributed by atoms with E-state index in [0.717, 1.165) is 12.8 Å². The van der Waals surface area contributed by atoms with E-state index in [9.17, 15) is 14.7 Å². The Balaban J connectivity index is 1.60. The largest absolute Gasteiger partial charge is 0.391 e. The van der Waals surface area contributed by atoms with Gasteiger partial charge >= 0.3 is 0 Å². The number of carbonyl (C=O) groups is 2. The van der Waals surface area contributed by atoms with Crippen molar-refractivity contribution in [3.8, 4) is 0 Å². The van der Waals surface area contributed by atoms with Gasteiger partial charge in [0.2, 0.25) is 0 Å². The summed E-state index contributed by atoms with van der Waals surface area (Å²) in [6.07, 6.45) is 1.75. The topological polar surface area (TPSA) is 95.7 Å². The van der Waals surface area contributed by atoms with Gasteiger partial charge in [-0.1, -0.05) is 28.9 Å². The summed E-state index contributed by atoms with van der Waals surface area (Å²) in [4.78, 5) is 26.7. The Morgan fingerprint density at radius 1 is 1.41 bits per heavy atom. The van der Waals surface area contributed by atoms with Crippen LogP contribution in [0.2, 0.25) is 5.02 Å². The van der Waals surface area contributed by atoms with Gasteiger partial charge in [0.15, 0.2) is 5.69 Å². The third-order valence-corrected chi connectivity index (χ3v) is 5.15. The molecule has 0 spiro atoms. The van der Waals surface area contributed by atoms with Gasteiger partial charge in [-0.15, -0.1) is 0 Å². The molecule has 27 heavy (non-hydrogen) atoms. The number of carbonyl (C=O) groups excluding carboxylic acids is 2. The Morgan fingerprint density at radius 3 is 2.93 bits per heavy atom. The number of hydrogen-bond acceptors (Lipinski definition) is 5. The third kappa shape index (κ3) is 4.31. The maximum absolute atomic E-state index is 12.7. The normalized spacial score (nSPS) is 17.0. The number of aromatic nitrogens is 1. The molecule has 1 atom stereocenters. The van der Waals surface area contributed by atoms with Gasteiger partial charge in [-0.3, -0.25) is 9.59 Å². The van der Waals surface area contributed by atoms with E-state index < -0.39 is 0 Å². The fourth-order valence-electron chi connectivity index (χ4n) is 3.29. The molecule has 1 fully saturated rings. The standard InChI is InChI=1S/C19H22ClN3O4/c1-12-15(11-24)17(22-27-12)19(26)23-8-4-5-13(10-23)9-21-18(25)14-6-2-3-7-16(14)20/h2-3,6-7,13,24H,4-5,8-11H2,1H3,(H,21,25)/t13-/m1/s1. The highest BCUT2D eigenvalue weighted by molar-refractivity contribution is 6.33. The Hall–Kier alpha value is -2.38. The monoisotopic (exact) mass is 391 g/mol. The van der Waals surface area contributed by atoms with Crippen LogP contribution < -0.4 is 5.32 Å². The van der Waals surface area contributed by atoms with Crippen LogP contribution in [0.1, 0.15) is 45.0 Å². The molecule has 0 aliphatic carbocycles. The van der Waals surface area contributed by atoms with Crippen LogP contribution in [-0.2, 0) is 6.61 Å². The summed E-state index contributed by atoms with van der Waals surface area (Å²) in [5.41, 5.74) is 1.03. The van der Waals surface area contributed by atoms with E-state index in [2.05, 4.69) is 10.5 Å². The number of halogens is 1. The first kappa shape index (κ1) is 19.4. The summed E-state index contributed by atoms with van der Waals surface area (Å²) in [5.74, 6) is 0.109. The van der Waals surface area contributed by atoms with Crippen molar-refractivity contribution in [1.29, 1.82) is 0 Å². The van der Waals surface area contributed by atoms with E-state index in [1.165, 1.54) is 0 Å². The Bertz CT molecular complexity index is 836. The minimum Gasteiger partial charge on any atom is -0.391 e. The number of aryl methyl sites for hydroxylation is 1. The quantitative estimate of drug-likeness (QED) is 0.816. The molecule has 2 aromatic rings. The number of hydrogen-bond donors (Lipinski definition) is 2. The molecule has 0 saturated carbocycles. The molecule has 3 rings (SSSR count). The van der Waals surface area contributed by atoms with E-state index in [0.29, 0.717) is 41.5 Å². The first-order chi connectivity index (χ1) is 13.0. The molecule has 1 aromatic carbocycles. The summed E-state index contributed by atoms with van der Waals surface area (Å²) >= 11 is 6.05. The summed E-state index contributed by atoms with van der Waals surface area (Å²) in [5, 5.41) is 16.5.